The lowest BCUT2D eigenvalue weighted by molar-refractivity contribution is -0.274. The van der Waals surface area contributed by atoms with E-state index in [9.17, 15) is 26.3 Å². The van der Waals surface area contributed by atoms with E-state index >= 15 is 0 Å². The molecule has 0 bridgehead atoms. The Morgan fingerprint density at radius 2 is 1.49 bits per heavy atom. The van der Waals surface area contributed by atoms with Crippen LogP contribution < -0.4 is 20.3 Å². The van der Waals surface area contributed by atoms with Gasteiger partial charge in [0, 0.05) is 0 Å². The van der Waals surface area contributed by atoms with Crippen molar-refractivity contribution in [1.29, 1.82) is 0 Å². The minimum Gasteiger partial charge on any atom is -0.406 e. The third kappa shape index (κ3) is 8.79. The van der Waals surface area contributed by atoms with Gasteiger partial charge in [0.05, 0.1) is 23.2 Å². The summed E-state index contributed by atoms with van der Waals surface area (Å²) in [6, 6.07) is 16.5. The molecule has 0 radical (unpaired) electrons. The summed E-state index contributed by atoms with van der Waals surface area (Å²) in [4.78, 5) is 5.33. The molecular weight excluding hydrogens is 522 g/mol. The first-order chi connectivity index (χ1) is 17.4. The first-order valence-corrected chi connectivity index (χ1v) is 10.8. The molecule has 194 valence electrons. The number of nitrogens with zero attached hydrogens (tertiary/aromatic N) is 2. The Balaban J connectivity index is 1.52. The molecule has 0 heterocycles. The number of hydrazone groups is 1. The van der Waals surface area contributed by atoms with Crippen molar-refractivity contribution in [3.63, 3.8) is 0 Å². The quantitative estimate of drug-likeness (QED) is 0.151. The predicted molar refractivity (Wildman–Crippen MR) is 131 cm³/mol. The molecule has 13 heteroatoms. The maximum atomic E-state index is 13.1. The predicted octanol–water partition coefficient (Wildman–Crippen LogP) is 6.73. The molecule has 37 heavy (non-hydrogen) atoms. The highest BCUT2D eigenvalue weighted by Crippen LogP contribution is 2.34. The molecule has 0 spiro atoms. The zero-order chi connectivity index (χ0) is 27.1. The number of thiocarbonyl (C=S) groups is 1. The Morgan fingerprint density at radius 3 is 2.11 bits per heavy atom. The highest BCUT2D eigenvalue weighted by Gasteiger charge is 2.33. The van der Waals surface area contributed by atoms with Gasteiger partial charge in [-0.2, -0.15) is 18.3 Å². The fraction of sp³-hybridized carbons (Fsp3) is 0.125. The zero-order valence-corrected chi connectivity index (χ0v) is 19.7. The van der Waals surface area contributed by atoms with E-state index in [1.165, 1.54) is 48.7 Å². The van der Waals surface area contributed by atoms with Crippen LogP contribution in [0.25, 0.3) is 0 Å². The van der Waals surface area contributed by atoms with Crippen molar-refractivity contribution in [1.82, 2.24) is 5.43 Å². The molecule has 2 N–H and O–H groups in total. The average Bonchev–Trinajstić information content (AvgIpc) is 2.82. The lowest BCUT2D eigenvalue weighted by Gasteiger charge is -2.14. The summed E-state index contributed by atoms with van der Waals surface area (Å²) < 4.78 is 79.8. The van der Waals surface area contributed by atoms with Crippen molar-refractivity contribution in [2.45, 2.75) is 19.5 Å². The second-order valence-corrected chi connectivity index (χ2v) is 7.68. The molecule has 6 nitrogen and oxygen atoms in total. The number of alkyl halides is 6. The lowest BCUT2D eigenvalue weighted by Crippen LogP contribution is -2.25. The van der Waals surface area contributed by atoms with Crippen LogP contribution in [-0.4, -0.2) is 23.4 Å². The second kappa shape index (κ2) is 11.7. The van der Waals surface area contributed by atoms with Crippen LogP contribution in [0.2, 0.25) is 0 Å². The van der Waals surface area contributed by atoms with Gasteiger partial charge in [0.1, 0.15) is 5.75 Å². The third-order valence-electron chi connectivity index (χ3n) is 4.53. The van der Waals surface area contributed by atoms with E-state index in [1.54, 1.807) is 31.2 Å². The van der Waals surface area contributed by atoms with Crippen LogP contribution in [-0.2, 0) is 6.18 Å². The molecule has 0 unspecified atom stereocenters. The molecule has 0 aliphatic carbocycles. The van der Waals surface area contributed by atoms with E-state index in [-0.39, 0.29) is 16.5 Å². The molecule has 0 amide bonds. The molecule has 0 aromatic heterocycles. The number of hydrogen-bond donors (Lipinski definition) is 2. The van der Waals surface area contributed by atoms with Crippen LogP contribution in [0.1, 0.15) is 23.6 Å². The summed E-state index contributed by atoms with van der Waals surface area (Å²) in [5.41, 5.74) is 2.96. The van der Waals surface area contributed by atoms with Crippen molar-refractivity contribution in [2.24, 2.45) is 10.3 Å². The third-order valence-corrected chi connectivity index (χ3v) is 4.73. The number of ether oxygens (including phenoxy) is 1. The van der Waals surface area contributed by atoms with Crippen LogP contribution in [0.3, 0.4) is 0 Å². The first-order valence-electron chi connectivity index (χ1n) is 10.3. The van der Waals surface area contributed by atoms with E-state index < -0.39 is 18.1 Å². The van der Waals surface area contributed by atoms with Crippen LogP contribution >= 0.6 is 12.2 Å². The first kappa shape index (κ1) is 27.5. The van der Waals surface area contributed by atoms with Crippen molar-refractivity contribution in [3.8, 4) is 11.5 Å². The lowest BCUT2D eigenvalue weighted by atomic mass is 10.1. The Labute approximate surface area is 212 Å². The van der Waals surface area contributed by atoms with E-state index in [2.05, 4.69) is 25.7 Å². The fourth-order valence-corrected chi connectivity index (χ4v) is 3.00. The number of benzene rings is 3. The van der Waals surface area contributed by atoms with Crippen molar-refractivity contribution in [3.05, 3.63) is 89.5 Å². The van der Waals surface area contributed by atoms with Gasteiger partial charge in [0.25, 0.3) is 0 Å². The Hall–Kier alpha value is -4.13. The maximum Gasteiger partial charge on any atom is 0.573 e. The Bertz CT molecular complexity index is 1270. The van der Waals surface area contributed by atoms with Crippen LogP contribution in [0.5, 0.6) is 11.5 Å². The summed E-state index contributed by atoms with van der Waals surface area (Å²) in [7, 11) is 0. The molecule has 0 aliphatic rings. The summed E-state index contributed by atoms with van der Waals surface area (Å²) in [6.07, 6.45) is -7.91. The Kier molecular flexibility index (Phi) is 8.71. The highest BCUT2D eigenvalue weighted by atomic mass is 32.1. The number of nitrogens with one attached hydrogen (secondary N) is 2. The highest BCUT2D eigenvalue weighted by molar-refractivity contribution is 7.80. The smallest absolute Gasteiger partial charge is 0.406 e. The Morgan fingerprint density at radius 1 is 0.865 bits per heavy atom. The molecule has 3 rings (SSSR count). The molecule has 3 aromatic carbocycles. The van der Waals surface area contributed by atoms with Crippen molar-refractivity contribution >= 4 is 34.9 Å². The van der Waals surface area contributed by atoms with Crippen LogP contribution in [0, 0.1) is 0 Å². The van der Waals surface area contributed by atoms with E-state index in [1.807, 2.05) is 0 Å². The molecule has 0 fully saturated rings. The standard InChI is InChI=1S/C24H18F6N4O2S/c1-15(17-8-12-18(13-9-17)35-24(28,29)30)34-36-19-10-6-16(7-11-19)14-31-33-22(37)32-21-5-3-2-4-20(21)23(25,26)27/h2-14H,1H3,(H2,32,33,37)/b31-14+,34-15-. The molecule has 0 saturated carbocycles. The minimum atomic E-state index is -4.77. The van der Waals surface area contributed by atoms with Gasteiger partial charge in [-0.25, -0.2) is 0 Å². The normalized spacial score (nSPS) is 12.4. The van der Waals surface area contributed by atoms with E-state index in [0.717, 1.165) is 6.07 Å². The van der Waals surface area contributed by atoms with Gasteiger partial charge in [-0.05, 0) is 90.9 Å². The summed E-state index contributed by atoms with van der Waals surface area (Å²) in [5, 5.41) is 10.2. The summed E-state index contributed by atoms with van der Waals surface area (Å²) >= 11 is 4.99. The monoisotopic (exact) mass is 540 g/mol. The molecule has 3 aromatic rings. The van der Waals surface area contributed by atoms with Crippen LogP contribution in [0.4, 0.5) is 32.0 Å². The van der Waals surface area contributed by atoms with Gasteiger partial charge in [-0.1, -0.05) is 17.3 Å². The van der Waals surface area contributed by atoms with Gasteiger partial charge in [-0.3, -0.25) is 5.43 Å². The number of oxime groups is 1. The van der Waals surface area contributed by atoms with E-state index in [0.29, 0.717) is 22.6 Å². The van der Waals surface area contributed by atoms with Gasteiger partial charge in [0.2, 0.25) is 0 Å². The summed E-state index contributed by atoms with van der Waals surface area (Å²) in [6.45, 7) is 1.62. The molecular formula is C24H18F6N4O2S. The van der Waals surface area contributed by atoms with Gasteiger partial charge >= 0.3 is 12.5 Å². The van der Waals surface area contributed by atoms with Crippen LogP contribution in [0.15, 0.2) is 83.1 Å². The SMILES string of the molecule is C/C(=N/Oc1ccc(/C=N/NC(=S)Nc2ccccc2C(F)(F)F)cc1)c1ccc(OC(F)(F)F)cc1. The zero-order valence-electron chi connectivity index (χ0n) is 18.9. The number of halogens is 6. The number of para-hydroxylation sites is 1. The van der Waals surface area contributed by atoms with Crippen molar-refractivity contribution in [2.75, 3.05) is 5.32 Å². The van der Waals surface area contributed by atoms with Gasteiger partial charge < -0.3 is 14.9 Å². The second-order valence-electron chi connectivity index (χ2n) is 7.28. The van der Waals surface area contributed by atoms with Crippen molar-refractivity contribution < 1.29 is 35.9 Å². The minimum absolute atomic E-state index is 0.129. The topological polar surface area (TPSA) is 67.2 Å². The number of anilines is 1. The molecule has 0 aliphatic heterocycles. The van der Waals surface area contributed by atoms with Gasteiger partial charge in [0.15, 0.2) is 10.9 Å². The molecule has 0 saturated heterocycles. The average molecular weight is 540 g/mol. The fourth-order valence-electron chi connectivity index (χ4n) is 2.84. The maximum absolute atomic E-state index is 13.1. The summed E-state index contributed by atoms with van der Waals surface area (Å²) in [5.74, 6) is 0.0295. The number of rotatable bonds is 7. The largest absolute Gasteiger partial charge is 0.573 e. The number of hydrogen-bond acceptors (Lipinski definition) is 5. The van der Waals surface area contributed by atoms with Gasteiger partial charge in [-0.15, -0.1) is 13.2 Å². The molecule has 0 atom stereocenters. The van der Waals surface area contributed by atoms with E-state index in [4.69, 9.17) is 17.1 Å².